The van der Waals surface area contributed by atoms with Crippen molar-refractivity contribution in [1.29, 1.82) is 0 Å². The third-order valence-corrected chi connectivity index (χ3v) is 5.77. The van der Waals surface area contributed by atoms with E-state index in [9.17, 15) is 8.42 Å². The number of nitrogens with zero attached hydrogens (tertiary/aromatic N) is 2. The van der Waals surface area contributed by atoms with Crippen LogP contribution in [0.2, 0.25) is 0 Å². The molecule has 114 valence electrons. The van der Waals surface area contributed by atoms with Crippen LogP contribution in [0.3, 0.4) is 0 Å². The number of rotatable bonds is 6. The van der Waals surface area contributed by atoms with E-state index in [2.05, 4.69) is 16.8 Å². The minimum Gasteiger partial charge on any atom is -0.390 e. The highest BCUT2D eigenvalue weighted by Crippen LogP contribution is 2.21. The maximum Gasteiger partial charge on any atom is 0.244 e. The van der Waals surface area contributed by atoms with E-state index in [4.69, 9.17) is 5.11 Å². The first-order valence-corrected chi connectivity index (χ1v) is 8.41. The summed E-state index contributed by atoms with van der Waals surface area (Å²) in [6, 6.07) is 1.79. The van der Waals surface area contributed by atoms with E-state index in [0.717, 1.165) is 25.9 Å². The molecular formula is C13H23N3O3S. The summed E-state index contributed by atoms with van der Waals surface area (Å²) in [6.07, 6.45) is 3.61. The number of likely N-dealkylation sites (tertiary alicyclic amines) is 1. The van der Waals surface area contributed by atoms with Crippen molar-refractivity contribution in [3.05, 3.63) is 18.0 Å². The minimum atomic E-state index is -3.48. The number of nitrogens with one attached hydrogen (secondary N) is 1. The second-order valence-corrected chi connectivity index (χ2v) is 7.27. The molecule has 1 aliphatic rings. The van der Waals surface area contributed by atoms with Gasteiger partial charge in [0.15, 0.2) is 0 Å². The number of H-pyrrole nitrogens is 1. The number of hydrogen-bond acceptors (Lipinski definition) is 4. The van der Waals surface area contributed by atoms with Gasteiger partial charge in [0.1, 0.15) is 0 Å². The molecule has 1 aliphatic heterocycles. The smallest absolute Gasteiger partial charge is 0.244 e. The quantitative estimate of drug-likeness (QED) is 0.807. The molecule has 6 nitrogen and oxygen atoms in total. The highest BCUT2D eigenvalue weighted by atomic mass is 32.2. The second-order valence-electron chi connectivity index (χ2n) is 5.23. The third-order valence-electron chi connectivity index (χ3n) is 3.97. The summed E-state index contributed by atoms with van der Waals surface area (Å²) >= 11 is 0. The number of aliphatic hydroxyl groups is 1. The highest BCUT2D eigenvalue weighted by Gasteiger charge is 2.29. The molecule has 2 N–H and O–H groups in total. The van der Waals surface area contributed by atoms with Gasteiger partial charge in [0.05, 0.1) is 11.5 Å². The number of hydrogen-bond donors (Lipinski definition) is 2. The Kier molecular flexibility index (Phi) is 4.85. The van der Waals surface area contributed by atoms with Gasteiger partial charge in [-0.05, 0) is 32.0 Å². The molecule has 2 rings (SSSR count). The van der Waals surface area contributed by atoms with Crippen LogP contribution in [0.15, 0.2) is 17.2 Å². The molecular weight excluding hydrogens is 278 g/mol. The molecule has 1 atom stereocenters. The van der Waals surface area contributed by atoms with Crippen LogP contribution in [0.25, 0.3) is 0 Å². The Morgan fingerprint density at radius 1 is 1.55 bits per heavy atom. The Balaban J connectivity index is 2.09. The average Bonchev–Trinajstić information content (AvgIpc) is 3.07. The lowest BCUT2D eigenvalue weighted by molar-refractivity contribution is 0.237. The Morgan fingerprint density at radius 2 is 2.30 bits per heavy atom. The van der Waals surface area contributed by atoms with E-state index in [-0.39, 0.29) is 11.5 Å². The summed E-state index contributed by atoms with van der Waals surface area (Å²) in [5, 5.41) is 9.01. The fourth-order valence-corrected chi connectivity index (χ4v) is 3.98. The molecule has 0 spiro atoms. The third kappa shape index (κ3) is 3.06. The Labute approximate surface area is 120 Å². The van der Waals surface area contributed by atoms with Crippen molar-refractivity contribution in [1.82, 2.24) is 14.2 Å². The van der Waals surface area contributed by atoms with Gasteiger partial charge in [-0.25, -0.2) is 8.42 Å². The van der Waals surface area contributed by atoms with Crippen molar-refractivity contribution in [2.45, 2.75) is 37.3 Å². The number of aromatic nitrogens is 1. The van der Waals surface area contributed by atoms with Crippen LogP contribution in [-0.2, 0) is 16.6 Å². The second kappa shape index (κ2) is 6.26. The molecule has 0 bridgehead atoms. The van der Waals surface area contributed by atoms with E-state index in [1.807, 2.05) is 0 Å². The van der Waals surface area contributed by atoms with Crippen molar-refractivity contribution in [3.63, 3.8) is 0 Å². The van der Waals surface area contributed by atoms with Crippen LogP contribution in [0.4, 0.5) is 0 Å². The van der Waals surface area contributed by atoms with Crippen LogP contribution in [0.5, 0.6) is 0 Å². The number of sulfonamides is 1. The van der Waals surface area contributed by atoms with Crippen LogP contribution in [0, 0.1) is 0 Å². The molecule has 7 heteroatoms. The zero-order valence-corrected chi connectivity index (χ0v) is 12.9. The van der Waals surface area contributed by atoms with Gasteiger partial charge in [0.25, 0.3) is 0 Å². The predicted octanol–water partition coefficient (Wildman–Crippen LogP) is 0.612. The van der Waals surface area contributed by atoms with E-state index >= 15 is 0 Å². The molecule has 0 aromatic carbocycles. The SMILES string of the molecule is CCN1CCCC1CN(C)S(=O)(=O)c1c[nH]c(CO)c1. The first-order valence-electron chi connectivity index (χ1n) is 6.97. The van der Waals surface area contributed by atoms with E-state index in [1.54, 1.807) is 7.05 Å². The summed E-state index contributed by atoms with van der Waals surface area (Å²) in [5.41, 5.74) is 0.507. The van der Waals surface area contributed by atoms with Gasteiger partial charge < -0.3 is 10.1 Å². The summed E-state index contributed by atoms with van der Waals surface area (Å²) in [7, 11) is -1.86. The monoisotopic (exact) mass is 301 g/mol. The molecule has 0 aliphatic carbocycles. The molecule has 1 aromatic heterocycles. The molecule has 0 radical (unpaired) electrons. The summed E-state index contributed by atoms with van der Waals surface area (Å²) in [4.78, 5) is 5.30. The first-order chi connectivity index (χ1) is 9.48. The summed E-state index contributed by atoms with van der Waals surface area (Å²) < 4.78 is 26.3. The fraction of sp³-hybridized carbons (Fsp3) is 0.692. The maximum atomic E-state index is 12.4. The highest BCUT2D eigenvalue weighted by molar-refractivity contribution is 7.89. The predicted molar refractivity (Wildman–Crippen MR) is 76.8 cm³/mol. The van der Waals surface area contributed by atoms with Gasteiger partial charge >= 0.3 is 0 Å². The van der Waals surface area contributed by atoms with Gasteiger partial charge in [-0.1, -0.05) is 6.92 Å². The minimum absolute atomic E-state index is 0.189. The molecule has 1 unspecified atom stereocenters. The van der Waals surface area contributed by atoms with Gasteiger partial charge in [-0.3, -0.25) is 4.90 Å². The van der Waals surface area contributed by atoms with Gasteiger partial charge in [-0.15, -0.1) is 0 Å². The molecule has 1 saturated heterocycles. The average molecular weight is 301 g/mol. The zero-order chi connectivity index (χ0) is 14.8. The van der Waals surface area contributed by atoms with Crippen LogP contribution < -0.4 is 0 Å². The molecule has 20 heavy (non-hydrogen) atoms. The van der Waals surface area contributed by atoms with E-state index < -0.39 is 10.0 Å². The Bertz CT molecular complexity index is 541. The molecule has 0 saturated carbocycles. The topological polar surface area (TPSA) is 76.6 Å². The lowest BCUT2D eigenvalue weighted by Gasteiger charge is -2.27. The Morgan fingerprint density at radius 3 is 2.90 bits per heavy atom. The Hall–Kier alpha value is -0.890. The van der Waals surface area contributed by atoms with Crippen molar-refractivity contribution in [3.8, 4) is 0 Å². The molecule has 1 aromatic rings. The van der Waals surface area contributed by atoms with Gasteiger partial charge in [-0.2, -0.15) is 4.31 Å². The number of aromatic amines is 1. The van der Waals surface area contributed by atoms with Gasteiger partial charge in [0.2, 0.25) is 10.0 Å². The first kappa shape index (κ1) is 15.5. The van der Waals surface area contributed by atoms with Crippen LogP contribution in [-0.4, -0.2) is 60.4 Å². The fourth-order valence-electron chi connectivity index (χ4n) is 2.75. The van der Waals surface area contributed by atoms with Crippen molar-refractivity contribution < 1.29 is 13.5 Å². The lowest BCUT2D eigenvalue weighted by Crippen LogP contribution is -2.41. The van der Waals surface area contributed by atoms with Crippen LogP contribution >= 0.6 is 0 Å². The van der Waals surface area contributed by atoms with Gasteiger partial charge in [0, 0.05) is 31.5 Å². The largest absolute Gasteiger partial charge is 0.390 e. The maximum absolute atomic E-state index is 12.4. The van der Waals surface area contributed by atoms with Crippen molar-refractivity contribution >= 4 is 10.0 Å². The molecule has 2 heterocycles. The summed E-state index contributed by atoms with van der Waals surface area (Å²) in [6.45, 7) is 4.43. The van der Waals surface area contributed by atoms with Crippen molar-refractivity contribution in [2.24, 2.45) is 0 Å². The van der Waals surface area contributed by atoms with Crippen LogP contribution in [0.1, 0.15) is 25.5 Å². The van der Waals surface area contributed by atoms with Crippen molar-refractivity contribution in [2.75, 3.05) is 26.7 Å². The lowest BCUT2D eigenvalue weighted by atomic mass is 10.2. The number of likely N-dealkylation sites (N-methyl/N-ethyl adjacent to an activating group) is 2. The van der Waals surface area contributed by atoms with E-state index in [0.29, 0.717) is 18.3 Å². The molecule has 0 amide bonds. The number of aliphatic hydroxyl groups excluding tert-OH is 1. The molecule has 1 fully saturated rings. The van der Waals surface area contributed by atoms with E-state index in [1.165, 1.54) is 16.6 Å². The summed E-state index contributed by atoms with van der Waals surface area (Å²) in [5.74, 6) is 0. The zero-order valence-electron chi connectivity index (χ0n) is 12.0. The standard InChI is InChI=1S/C13H23N3O3S/c1-3-16-6-4-5-12(16)9-15(2)20(18,19)13-7-11(10-17)14-8-13/h7-8,12,14,17H,3-6,9-10H2,1-2H3. The normalized spacial score (nSPS) is 20.9.